The summed E-state index contributed by atoms with van der Waals surface area (Å²) in [7, 11) is 0. The van der Waals surface area contributed by atoms with Gasteiger partial charge in [-0.15, -0.1) is 22.7 Å². The first kappa shape index (κ1) is 17.4. The minimum atomic E-state index is -0.239. The summed E-state index contributed by atoms with van der Waals surface area (Å²) in [5, 5.41) is 14.5. The summed E-state index contributed by atoms with van der Waals surface area (Å²) in [6.45, 7) is 5.40. The molecule has 1 aliphatic heterocycles. The van der Waals surface area contributed by atoms with Gasteiger partial charge in [-0.05, 0) is 42.8 Å². The molecule has 136 valence electrons. The number of carbonyl (C=O) groups excluding carboxylic acids is 1. The predicted octanol–water partition coefficient (Wildman–Crippen LogP) is 4.08. The van der Waals surface area contributed by atoms with Crippen molar-refractivity contribution in [3.05, 3.63) is 40.3 Å². The first-order valence-corrected chi connectivity index (χ1v) is 10.5. The normalized spacial score (nSPS) is 18.1. The molecule has 6 nitrogen and oxygen atoms in total. The molecule has 0 radical (unpaired) electrons. The van der Waals surface area contributed by atoms with E-state index in [0.717, 1.165) is 41.8 Å². The molecule has 1 unspecified atom stereocenters. The number of nitrogens with one attached hydrogen (secondary N) is 2. The van der Waals surface area contributed by atoms with Crippen LogP contribution in [-0.4, -0.2) is 39.1 Å². The largest absolute Gasteiger partial charge is 0.297 e. The van der Waals surface area contributed by atoms with Crippen LogP contribution < -0.4 is 5.32 Å². The van der Waals surface area contributed by atoms with Crippen LogP contribution in [-0.2, 0) is 6.54 Å². The maximum Gasteiger partial charge on any atom is 0.277 e. The molecule has 8 heteroatoms. The standard InChI is InChI=1S/C18H21N5OS2/c1-12-4-2-6-23(9-12)10-13-11-26-18(19-13)20-17(24)15-8-14(21-22-15)16-5-3-7-25-16/h3,5,7-8,11-12H,2,4,6,9-10H2,1H3,(H,21,22)(H,19,20,24). The summed E-state index contributed by atoms with van der Waals surface area (Å²) >= 11 is 3.07. The van der Waals surface area contributed by atoms with Crippen molar-refractivity contribution >= 4 is 33.7 Å². The van der Waals surface area contributed by atoms with Gasteiger partial charge in [-0.1, -0.05) is 13.0 Å². The number of likely N-dealkylation sites (tertiary alicyclic amines) is 1. The lowest BCUT2D eigenvalue weighted by Crippen LogP contribution is -2.33. The highest BCUT2D eigenvalue weighted by atomic mass is 32.1. The number of hydrogen-bond donors (Lipinski definition) is 2. The summed E-state index contributed by atoms with van der Waals surface area (Å²) in [4.78, 5) is 20.5. The SMILES string of the molecule is CC1CCCN(Cc2csc(NC(=O)c3cc(-c4cccs4)[nH]n3)n2)C1. The Hall–Kier alpha value is -2.03. The molecule has 4 rings (SSSR count). The number of H-pyrrole nitrogens is 1. The second-order valence-electron chi connectivity index (χ2n) is 6.72. The summed E-state index contributed by atoms with van der Waals surface area (Å²) in [6.07, 6.45) is 2.56. The van der Waals surface area contributed by atoms with Gasteiger partial charge < -0.3 is 0 Å². The van der Waals surface area contributed by atoms with Crippen LogP contribution in [0.5, 0.6) is 0 Å². The van der Waals surface area contributed by atoms with E-state index in [9.17, 15) is 4.79 Å². The topological polar surface area (TPSA) is 73.9 Å². The first-order chi connectivity index (χ1) is 12.7. The predicted molar refractivity (Wildman–Crippen MR) is 106 cm³/mol. The van der Waals surface area contributed by atoms with Gasteiger partial charge in [0, 0.05) is 18.5 Å². The quantitative estimate of drug-likeness (QED) is 0.692. The molecule has 3 aromatic heterocycles. The maximum absolute atomic E-state index is 12.4. The van der Waals surface area contributed by atoms with Gasteiger partial charge in [-0.3, -0.25) is 20.1 Å². The number of amides is 1. The summed E-state index contributed by atoms with van der Waals surface area (Å²) < 4.78 is 0. The zero-order chi connectivity index (χ0) is 17.9. The zero-order valence-electron chi connectivity index (χ0n) is 14.6. The molecular formula is C18H21N5OS2. The van der Waals surface area contributed by atoms with Gasteiger partial charge in [0.05, 0.1) is 16.3 Å². The summed E-state index contributed by atoms with van der Waals surface area (Å²) in [6, 6.07) is 5.74. The Morgan fingerprint density at radius 3 is 3.19 bits per heavy atom. The van der Waals surface area contributed by atoms with Crippen molar-refractivity contribution in [2.75, 3.05) is 18.4 Å². The number of piperidine rings is 1. The molecule has 2 N–H and O–H groups in total. The van der Waals surface area contributed by atoms with E-state index in [4.69, 9.17) is 0 Å². The molecule has 0 spiro atoms. The van der Waals surface area contributed by atoms with Crippen molar-refractivity contribution in [2.24, 2.45) is 5.92 Å². The average Bonchev–Trinajstić information content (AvgIpc) is 3.36. The highest BCUT2D eigenvalue weighted by molar-refractivity contribution is 7.14. The van der Waals surface area contributed by atoms with E-state index in [-0.39, 0.29) is 5.91 Å². The fourth-order valence-corrected chi connectivity index (χ4v) is 4.64. The van der Waals surface area contributed by atoms with Crippen LogP contribution >= 0.6 is 22.7 Å². The molecule has 0 saturated carbocycles. The summed E-state index contributed by atoms with van der Waals surface area (Å²) in [5.74, 6) is 0.510. The smallest absolute Gasteiger partial charge is 0.277 e. The van der Waals surface area contributed by atoms with Crippen molar-refractivity contribution in [1.29, 1.82) is 0 Å². The number of rotatable bonds is 5. The fraction of sp³-hybridized carbons (Fsp3) is 0.389. The molecular weight excluding hydrogens is 366 g/mol. The van der Waals surface area contributed by atoms with Gasteiger partial charge >= 0.3 is 0 Å². The Kier molecular flexibility index (Phi) is 5.14. The van der Waals surface area contributed by atoms with Gasteiger partial charge in [0.1, 0.15) is 0 Å². The molecule has 1 aliphatic rings. The van der Waals surface area contributed by atoms with Crippen molar-refractivity contribution in [3.63, 3.8) is 0 Å². The van der Waals surface area contributed by atoms with E-state index in [0.29, 0.717) is 10.8 Å². The molecule has 4 heterocycles. The fourth-order valence-electron chi connectivity index (χ4n) is 3.25. The van der Waals surface area contributed by atoms with Crippen molar-refractivity contribution in [3.8, 4) is 10.6 Å². The van der Waals surface area contributed by atoms with Crippen LogP contribution in [0, 0.1) is 5.92 Å². The van der Waals surface area contributed by atoms with Crippen LogP contribution in [0.4, 0.5) is 5.13 Å². The van der Waals surface area contributed by atoms with E-state index in [2.05, 4.69) is 32.3 Å². The number of carbonyl (C=O) groups is 1. The number of thiophene rings is 1. The Morgan fingerprint density at radius 2 is 2.38 bits per heavy atom. The Bertz CT molecular complexity index is 870. The number of anilines is 1. The number of aromatic nitrogens is 3. The lowest BCUT2D eigenvalue weighted by Gasteiger charge is -2.30. The minimum absolute atomic E-state index is 0.239. The highest BCUT2D eigenvalue weighted by Crippen LogP contribution is 2.24. The minimum Gasteiger partial charge on any atom is -0.297 e. The lowest BCUT2D eigenvalue weighted by atomic mass is 10.0. The molecule has 1 fully saturated rings. The number of thiazole rings is 1. The number of aromatic amines is 1. The van der Waals surface area contributed by atoms with E-state index in [1.807, 2.05) is 22.9 Å². The lowest BCUT2D eigenvalue weighted by molar-refractivity contribution is 0.102. The molecule has 0 aliphatic carbocycles. The molecule has 1 amide bonds. The van der Waals surface area contributed by atoms with Gasteiger partial charge in [0.25, 0.3) is 5.91 Å². The van der Waals surface area contributed by atoms with Crippen LogP contribution in [0.25, 0.3) is 10.6 Å². The van der Waals surface area contributed by atoms with Gasteiger partial charge in [0.2, 0.25) is 0 Å². The van der Waals surface area contributed by atoms with Crippen LogP contribution in [0.1, 0.15) is 35.9 Å². The molecule has 1 atom stereocenters. The molecule has 0 aromatic carbocycles. The highest BCUT2D eigenvalue weighted by Gasteiger charge is 2.18. The van der Waals surface area contributed by atoms with E-state index < -0.39 is 0 Å². The molecule has 26 heavy (non-hydrogen) atoms. The van der Waals surface area contributed by atoms with Crippen LogP contribution in [0.2, 0.25) is 0 Å². The monoisotopic (exact) mass is 387 g/mol. The second-order valence-corrected chi connectivity index (χ2v) is 8.53. The van der Waals surface area contributed by atoms with Crippen LogP contribution in [0.15, 0.2) is 29.0 Å². The van der Waals surface area contributed by atoms with E-state index in [1.54, 1.807) is 17.4 Å². The first-order valence-electron chi connectivity index (χ1n) is 8.75. The third-order valence-electron chi connectivity index (χ3n) is 4.50. The zero-order valence-corrected chi connectivity index (χ0v) is 16.2. The molecule has 0 bridgehead atoms. The van der Waals surface area contributed by atoms with Gasteiger partial charge in [-0.25, -0.2) is 4.98 Å². The maximum atomic E-state index is 12.4. The van der Waals surface area contributed by atoms with Crippen LogP contribution in [0.3, 0.4) is 0 Å². The van der Waals surface area contributed by atoms with E-state index in [1.165, 1.54) is 24.2 Å². The van der Waals surface area contributed by atoms with E-state index >= 15 is 0 Å². The molecule has 1 saturated heterocycles. The summed E-state index contributed by atoms with van der Waals surface area (Å²) in [5.41, 5.74) is 2.24. The number of hydrogen-bond acceptors (Lipinski definition) is 6. The Morgan fingerprint density at radius 1 is 1.46 bits per heavy atom. The Balaban J connectivity index is 1.37. The van der Waals surface area contributed by atoms with Crippen molar-refractivity contribution in [1.82, 2.24) is 20.1 Å². The third kappa shape index (κ3) is 4.03. The molecule has 3 aromatic rings. The average molecular weight is 388 g/mol. The van der Waals surface area contributed by atoms with Gasteiger partial charge in [0.15, 0.2) is 10.8 Å². The second kappa shape index (κ2) is 7.69. The van der Waals surface area contributed by atoms with Crippen molar-refractivity contribution < 1.29 is 4.79 Å². The Labute approximate surface area is 160 Å². The van der Waals surface area contributed by atoms with Gasteiger partial charge in [-0.2, -0.15) is 5.10 Å². The van der Waals surface area contributed by atoms with Crippen molar-refractivity contribution in [2.45, 2.75) is 26.3 Å². The number of nitrogens with zero attached hydrogens (tertiary/aromatic N) is 3. The third-order valence-corrected chi connectivity index (χ3v) is 6.21.